The van der Waals surface area contributed by atoms with Crippen LogP contribution in [0.5, 0.6) is 5.75 Å². The molecule has 36 heavy (non-hydrogen) atoms. The van der Waals surface area contributed by atoms with Gasteiger partial charge >= 0.3 is 7.12 Å². The molecule has 1 saturated heterocycles. The van der Waals surface area contributed by atoms with Gasteiger partial charge in [-0.05, 0) is 94.1 Å². The van der Waals surface area contributed by atoms with Gasteiger partial charge in [-0.2, -0.15) is 0 Å². The minimum Gasteiger partial charge on any atom is -0.497 e. The van der Waals surface area contributed by atoms with E-state index in [0.29, 0.717) is 5.92 Å². The molecule has 0 radical (unpaired) electrons. The SMILES string of the molecule is C=C(B1OC(C)(C)C(C)(C)O1)C(C1CCCCC1)C(Nc1ccc(OC)cc1)c1ccccc1SC. The minimum atomic E-state index is -0.427. The van der Waals surface area contributed by atoms with E-state index in [1.165, 1.54) is 42.6 Å². The van der Waals surface area contributed by atoms with Gasteiger partial charge in [0, 0.05) is 16.5 Å². The van der Waals surface area contributed by atoms with Gasteiger partial charge in [0.25, 0.3) is 0 Å². The summed E-state index contributed by atoms with van der Waals surface area (Å²) in [6.45, 7) is 13.2. The molecule has 1 heterocycles. The van der Waals surface area contributed by atoms with E-state index in [-0.39, 0.29) is 12.0 Å². The van der Waals surface area contributed by atoms with Crippen LogP contribution in [0.2, 0.25) is 0 Å². The van der Waals surface area contributed by atoms with Crippen LogP contribution in [0.4, 0.5) is 5.69 Å². The fourth-order valence-corrected chi connectivity index (χ4v) is 6.23. The molecule has 4 nitrogen and oxygen atoms in total. The molecule has 194 valence electrons. The second kappa shape index (κ2) is 11.2. The summed E-state index contributed by atoms with van der Waals surface area (Å²) in [7, 11) is 1.27. The number of hydrogen-bond acceptors (Lipinski definition) is 5. The van der Waals surface area contributed by atoms with Crippen LogP contribution in [0.3, 0.4) is 0 Å². The topological polar surface area (TPSA) is 39.7 Å². The first-order valence-electron chi connectivity index (χ1n) is 13.2. The number of nitrogens with one attached hydrogen (secondary N) is 1. The molecule has 0 bridgehead atoms. The van der Waals surface area contributed by atoms with E-state index in [1.807, 2.05) is 12.1 Å². The summed E-state index contributed by atoms with van der Waals surface area (Å²) in [4.78, 5) is 1.28. The van der Waals surface area contributed by atoms with Crippen LogP contribution in [-0.2, 0) is 9.31 Å². The van der Waals surface area contributed by atoms with Gasteiger partial charge in [-0.1, -0.05) is 37.5 Å². The Bertz CT molecular complexity index is 1020. The number of benzene rings is 2. The predicted octanol–water partition coefficient (Wildman–Crippen LogP) is 7.95. The maximum absolute atomic E-state index is 6.55. The molecule has 2 aromatic carbocycles. The van der Waals surface area contributed by atoms with Crippen molar-refractivity contribution in [2.45, 2.75) is 81.9 Å². The molecule has 2 atom stereocenters. The van der Waals surface area contributed by atoms with Crippen LogP contribution in [0.25, 0.3) is 0 Å². The van der Waals surface area contributed by atoms with Crippen molar-refractivity contribution in [3.63, 3.8) is 0 Å². The maximum atomic E-state index is 6.55. The fraction of sp³-hybridized carbons (Fsp3) is 0.533. The molecular formula is C30H42BNO3S. The average molecular weight is 508 g/mol. The summed E-state index contributed by atoms with van der Waals surface area (Å²) < 4.78 is 18.5. The van der Waals surface area contributed by atoms with E-state index >= 15 is 0 Å². The first-order valence-corrected chi connectivity index (χ1v) is 14.5. The Morgan fingerprint density at radius 2 is 1.61 bits per heavy atom. The zero-order valence-electron chi connectivity index (χ0n) is 22.8. The minimum absolute atomic E-state index is 0.0386. The molecule has 2 aliphatic rings. The fourth-order valence-electron chi connectivity index (χ4n) is 5.58. The monoisotopic (exact) mass is 507 g/mol. The molecule has 2 fully saturated rings. The Morgan fingerprint density at radius 1 is 1.00 bits per heavy atom. The number of ether oxygens (including phenoxy) is 1. The second-order valence-electron chi connectivity index (χ2n) is 11.2. The van der Waals surface area contributed by atoms with Gasteiger partial charge in [0.05, 0.1) is 24.4 Å². The van der Waals surface area contributed by atoms with Crippen LogP contribution in [-0.4, -0.2) is 31.7 Å². The lowest BCUT2D eigenvalue weighted by molar-refractivity contribution is 0.00578. The van der Waals surface area contributed by atoms with Gasteiger partial charge in [0.2, 0.25) is 0 Å². The molecule has 0 spiro atoms. The lowest BCUT2D eigenvalue weighted by Gasteiger charge is -2.39. The summed E-state index contributed by atoms with van der Waals surface area (Å²) in [5.74, 6) is 1.53. The lowest BCUT2D eigenvalue weighted by Crippen LogP contribution is -2.41. The highest BCUT2D eigenvalue weighted by atomic mass is 32.2. The number of hydrogen-bond donors (Lipinski definition) is 1. The van der Waals surface area contributed by atoms with Crippen molar-refractivity contribution in [1.82, 2.24) is 0 Å². The predicted molar refractivity (Wildman–Crippen MR) is 153 cm³/mol. The zero-order chi connectivity index (χ0) is 25.9. The molecule has 0 aromatic heterocycles. The molecule has 2 unspecified atom stereocenters. The van der Waals surface area contributed by atoms with Crippen molar-refractivity contribution in [2.75, 3.05) is 18.7 Å². The van der Waals surface area contributed by atoms with E-state index in [2.05, 4.69) is 75.7 Å². The zero-order valence-corrected chi connectivity index (χ0v) is 23.6. The number of thioether (sulfide) groups is 1. The quantitative estimate of drug-likeness (QED) is 0.275. The summed E-state index contributed by atoms with van der Waals surface area (Å²) >= 11 is 1.80. The van der Waals surface area contributed by atoms with E-state index < -0.39 is 18.3 Å². The number of anilines is 1. The second-order valence-corrected chi connectivity index (χ2v) is 12.0. The Hall–Kier alpha value is -1.89. The smallest absolute Gasteiger partial charge is 0.490 e. The number of rotatable bonds is 9. The van der Waals surface area contributed by atoms with Crippen molar-refractivity contribution in [2.24, 2.45) is 11.8 Å². The van der Waals surface area contributed by atoms with Crippen molar-refractivity contribution in [3.05, 3.63) is 66.1 Å². The largest absolute Gasteiger partial charge is 0.497 e. The summed E-state index contributed by atoms with van der Waals surface area (Å²) in [5, 5.41) is 3.92. The maximum Gasteiger partial charge on any atom is 0.490 e. The molecule has 1 aliphatic carbocycles. The number of methoxy groups -OCH3 is 1. The van der Waals surface area contributed by atoms with Crippen LogP contribution < -0.4 is 10.1 Å². The van der Waals surface area contributed by atoms with Crippen LogP contribution in [0.1, 0.15) is 71.4 Å². The van der Waals surface area contributed by atoms with Gasteiger partial charge in [-0.3, -0.25) is 0 Å². The van der Waals surface area contributed by atoms with Crippen molar-refractivity contribution in [3.8, 4) is 5.75 Å². The van der Waals surface area contributed by atoms with Gasteiger partial charge in [-0.15, -0.1) is 18.3 Å². The molecule has 2 aromatic rings. The molecule has 1 saturated carbocycles. The summed E-state index contributed by atoms with van der Waals surface area (Å²) in [6, 6.07) is 17.0. The molecule has 1 aliphatic heterocycles. The third kappa shape index (κ3) is 5.66. The average Bonchev–Trinajstić information content (AvgIpc) is 3.11. The lowest BCUT2D eigenvalue weighted by atomic mass is 9.61. The Balaban J connectivity index is 1.77. The first-order chi connectivity index (χ1) is 17.2. The highest BCUT2D eigenvalue weighted by molar-refractivity contribution is 7.98. The Morgan fingerprint density at radius 3 is 2.19 bits per heavy atom. The summed E-state index contributed by atoms with van der Waals surface area (Å²) in [6.07, 6.45) is 8.39. The van der Waals surface area contributed by atoms with E-state index in [1.54, 1.807) is 18.9 Å². The van der Waals surface area contributed by atoms with Gasteiger partial charge in [0.1, 0.15) is 5.75 Å². The normalized spacial score (nSPS) is 21.1. The van der Waals surface area contributed by atoms with Crippen molar-refractivity contribution >= 4 is 24.6 Å². The van der Waals surface area contributed by atoms with Crippen LogP contribution in [0.15, 0.2) is 65.5 Å². The van der Waals surface area contributed by atoms with Gasteiger partial charge in [0.15, 0.2) is 0 Å². The van der Waals surface area contributed by atoms with E-state index in [4.69, 9.17) is 20.6 Å². The Labute approximate surface area is 222 Å². The molecule has 4 rings (SSSR count). The van der Waals surface area contributed by atoms with Gasteiger partial charge < -0.3 is 19.4 Å². The molecular weight excluding hydrogens is 465 g/mol. The van der Waals surface area contributed by atoms with E-state index in [0.717, 1.165) is 16.9 Å². The third-order valence-corrected chi connectivity index (χ3v) is 9.20. The van der Waals surface area contributed by atoms with Crippen LogP contribution in [0, 0.1) is 11.8 Å². The standard InChI is InChI=1S/C30H42BNO3S/c1-21(31-34-29(2,3)30(4,5)35-31)27(22-13-9-8-10-14-22)28(25-15-11-12-16-26(25)36-7)32-23-17-19-24(33-6)20-18-23/h11-12,15-20,22,27-28,32H,1,8-10,13-14H2,2-7H3. The van der Waals surface area contributed by atoms with Crippen molar-refractivity contribution in [1.29, 1.82) is 0 Å². The molecule has 1 N–H and O–H groups in total. The molecule has 0 amide bonds. The summed E-state index contributed by atoms with van der Waals surface area (Å²) in [5.41, 5.74) is 2.62. The van der Waals surface area contributed by atoms with Crippen molar-refractivity contribution < 1.29 is 14.0 Å². The van der Waals surface area contributed by atoms with Gasteiger partial charge in [-0.25, -0.2) is 0 Å². The Kier molecular flexibility index (Phi) is 8.48. The molecule has 6 heteroatoms. The highest BCUT2D eigenvalue weighted by Crippen LogP contribution is 2.48. The third-order valence-electron chi connectivity index (χ3n) is 8.39. The van der Waals surface area contributed by atoms with Crippen LogP contribution >= 0.6 is 11.8 Å². The highest BCUT2D eigenvalue weighted by Gasteiger charge is 2.54. The van der Waals surface area contributed by atoms with E-state index in [9.17, 15) is 0 Å². The first kappa shape index (κ1) is 27.2.